The number of aliphatic hydroxyl groups excluding tert-OH is 1. The zero-order chi connectivity index (χ0) is 18.2. The highest BCUT2D eigenvalue weighted by Crippen LogP contribution is 2.21. The smallest absolute Gasteiger partial charge is 0.221 e. The molecule has 2 saturated heterocycles. The Morgan fingerprint density at radius 3 is 2.81 bits per heavy atom. The topological polar surface area (TPSA) is 65.0 Å². The number of hydrogen-bond donors (Lipinski definition) is 2. The number of aliphatic hydroxyl groups is 1. The van der Waals surface area contributed by atoms with Crippen LogP contribution in [0.5, 0.6) is 5.75 Å². The lowest BCUT2D eigenvalue weighted by Gasteiger charge is -2.28. The molecular weight excluding hydrogens is 350 g/mol. The molecule has 2 N–H and O–H groups in total. The lowest BCUT2D eigenvalue weighted by molar-refractivity contribution is -0.120. The molecule has 144 valence electrons. The van der Waals surface area contributed by atoms with Gasteiger partial charge in [-0.05, 0) is 6.07 Å². The van der Waals surface area contributed by atoms with Crippen LogP contribution in [-0.4, -0.2) is 84.3 Å². The number of benzene rings is 1. The fraction of sp³-hybridized carbons (Fsp3) is 0.632. The minimum Gasteiger partial charge on any atom is -0.491 e. The Bertz CT molecular complexity index is 581. The second-order valence-electron chi connectivity index (χ2n) is 6.86. The van der Waals surface area contributed by atoms with Crippen LogP contribution in [0.2, 0.25) is 0 Å². The van der Waals surface area contributed by atoms with E-state index in [2.05, 4.69) is 21.2 Å². The minimum absolute atomic E-state index is 0.122. The van der Waals surface area contributed by atoms with Gasteiger partial charge < -0.3 is 15.2 Å². The molecule has 1 unspecified atom stereocenters. The Balaban J connectivity index is 1.50. The van der Waals surface area contributed by atoms with Crippen molar-refractivity contribution in [3.63, 3.8) is 0 Å². The van der Waals surface area contributed by atoms with Gasteiger partial charge in [0.25, 0.3) is 0 Å². The zero-order valence-corrected chi connectivity index (χ0v) is 16.0. The largest absolute Gasteiger partial charge is 0.491 e. The summed E-state index contributed by atoms with van der Waals surface area (Å²) in [6.45, 7) is 6.11. The first-order valence-corrected chi connectivity index (χ1v) is 10.5. The van der Waals surface area contributed by atoms with Crippen molar-refractivity contribution in [1.29, 1.82) is 0 Å². The van der Waals surface area contributed by atoms with Gasteiger partial charge in [0.2, 0.25) is 5.91 Å². The average Bonchev–Trinajstić information content (AvgIpc) is 2.86. The number of hydrogen-bond acceptors (Lipinski definition) is 6. The summed E-state index contributed by atoms with van der Waals surface area (Å²) in [5, 5.41) is 13.2. The zero-order valence-electron chi connectivity index (χ0n) is 15.2. The van der Waals surface area contributed by atoms with Gasteiger partial charge in [-0.2, -0.15) is 11.8 Å². The Morgan fingerprint density at radius 1 is 1.15 bits per heavy atom. The number of carbonyl (C=O) groups is 1. The monoisotopic (exact) mass is 379 g/mol. The minimum atomic E-state index is -0.480. The van der Waals surface area contributed by atoms with Crippen molar-refractivity contribution < 1.29 is 14.6 Å². The molecule has 1 aromatic carbocycles. The normalized spacial score (nSPS) is 21.0. The third-order valence-electron chi connectivity index (χ3n) is 4.78. The van der Waals surface area contributed by atoms with Gasteiger partial charge in [0.1, 0.15) is 18.5 Å². The summed E-state index contributed by atoms with van der Waals surface area (Å²) in [5.74, 6) is 3.23. The van der Waals surface area contributed by atoms with Crippen LogP contribution >= 0.6 is 11.8 Å². The van der Waals surface area contributed by atoms with Gasteiger partial charge in [0.15, 0.2) is 0 Å². The van der Waals surface area contributed by atoms with Gasteiger partial charge in [-0.15, -0.1) is 0 Å². The highest BCUT2D eigenvalue weighted by Gasteiger charge is 2.17. The van der Waals surface area contributed by atoms with Gasteiger partial charge in [-0.3, -0.25) is 14.6 Å². The van der Waals surface area contributed by atoms with E-state index in [9.17, 15) is 9.90 Å². The number of β-amino-alcohol motifs (C(OH)–C–C–N with tert-alkyl or cyclic N) is 1. The molecule has 0 spiro atoms. The number of rotatable bonds is 7. The van der Waals surface area contributed by atoms with Crippen molar-refractivity contribution in [2.24, 2.45) is 0 Å². The van der Waals surface area contributed by atoms with E-state index in [0.29, 0.717) is 26.1 Å². The van der Waals surface area contributed by atoms with E-state index in [4.69, 9.17) is 4.74 Å². The van der Waals surface area contributed by atoms with Crippen LogP contribution in [0, 0.1) is 0 Å². The van der Waals surface area contributed by atoms with Crippen LogP contribution < -0.4 is 10.1 Å². The van der Waals surface area contributed by atoms with Crippen LogP contribution in [-0.2, 0) is 11.3 Å². The molecule has 0 saturated carbocycles. The first-order chi connectivity index (χ1) is 12.7. The van der Waals surface area contributed by atoms with Crippen LogP contribution in [0.1, 0.15) is 12.0 Å². The van der Waals surface area contributed by atoms with E-state index in [1.54, 1.807) is 0 Å². The van der Waals surface area contributed by atoms with Crippen molar-refractivity contribution in [2.75, 3.05) is 57.4 Å². The third-order valence-corrected chi connectivity index (χ3v) is 5.72. The molecule has 2 heterocycles. The number of ether oxygens (including phenoxy) is 1. The summed E-state index contributed by atoms with van der Waals surface area (Å²) in [4.78, 5) is 16.1. The number of nitrogens with zero attached hydrogens (tertiary/aromatic N) is 2. The molecular formula is C19H29N3O3S. The van der Waals surface area contributed by atoms with E-state index < -0.39 is 6.10 Å². The predicted molar refractivity (Wildman–Crippen MR) is 105 cm³/mol. The second kappa shape index (κ2) is 10.2. The first-order valence-electron chi connectivity index (χ1n) is 9.38. The molecule has 0 aromatic heterocycles. The van der Waals surface area contributed by atoms with Gasteiger partial charge >= 0.3 is 0 Å². The summed E-state index contributed by atoms with van der Waals surface area (Å²) >= 11 is 1.97. The summed E-state index contributed by atoms with van der Waals surface area (Å²) < 4.78 is 5.94. The molecule has 1 atom stereocenters. The number of amides is 1. The number of para-hydroxylation sites is 1. The second-order valence-corrected chi connectivity index (χ2v) is 8.09. The van der Waals surface area contributed by atoms with E-state index in [-0.39, 0.29) is 5.91 Å². The molecule has 0 aliphatic carbocycles. The summed E-state index contributed by atoms with van der Waals surface area (Å²) in [6, 6.07) is 7.98. The Labute approximate surface area is 159 Å². The molecule has 7 heteroatoms. The van der Waals surface area contributed by atoms with Gasteiger partial charge in [0.05, 0.1) is 0 Å². The van der Waals surface area contributed by atoms with Gasteiger partial charge in [0, 0.05) is 69.3 Å². The highest BCUT2D eigenvalue weighted by atomic mass is 32.2. The third kappa shape index (κ3) is 6.16. The standard InChI is InChI=1S/C19H29N3O3S/c23-17(14-22-9-11-26-12-10-22)15-25-18-4-2-1-3-16(18)13-21-7-5-19(24)20-6-8-21/h1-4,17,23H,5-15H2,(H,20,24). The van der Waals surface area contributed by atoms with E-state index >= 15 is 0 Å². The van der Waals surface area contributed by atoms with Crippen molar-refractivity contribution >= 4 is 17.7 Å². The molecule has 1 amide bonds. The first kappa shape index (κ1) is 19.5. The molecule has 0 radical (unpaired) electrons. The van der Waals surface area contributed by atoms with Crippen molar-refractivity contribution in [2.45, 2.75) is 19.1 Å². The maximum absolute atomic E-state index is 11.5. The van der Waals surface area contributed by atoms with Crippen LogP contribution in [0.4, 0.5) is 0 Å². The predicted octanol–water partition coefficient (Wildman–Crippen LogP) is 0.797. The van der Waals surface area contributed by atoms with Crippen molar-refractivity contribution in [1.82, 2.24) is 15.1 Å². The number of carbonyl (C=O) groups excluding carboxylic acids is 1. The quantitative estimate of drug-likeness (QED) is 0.731. The summed E-state index contributed by atoms with van der Waals surface area (Å²) in [6.07, 6.45) is 0.0572. The molecule has 2 aliphatic heterocycles. The van der Waals surface area contributed by atoms with Crippen molar-refractivity contribution in [3.8, 4) is 5.75 Å². The lowest BCUT2D eigenvalue weighted by Crippen LogP contribution is -2.40. The van der Waals surface area contributed by atoms with Crippen molar-refractivity contribution in [3.05, 3.63) is 29.8 Å². The Hall–Kier alpha value is -1.28. The maximum atomic E-state index is 11.5. The number of nitrogens with one attached hydrogen (secondary N) is 1. The van der Waals surface area contributed by atoms with E-state index in [1.807, 2.05) is 30.0 Å². The fourth-order valence-corrected chi connectivity index (χ4v) is 4.29. The molecule has 0 bridgehead atoms. The van der Waals surface area contributed by atoms with Gasteiger partial charge in [-0.1, -0.05) is 18.2 Å². The van der Waals surface area contributed by atoms with Crippen LogP contribution in [0.3, 0.4) is 0 Å². The maximum Gasteiger partial charge on any atom is 0.221 e. The van der Waals surface area contributed by atoms with Crippen LogP contribution in [0.25, 0.3) is 0 Å². The lowest BCUT2D eigenvalue weighted by atomic mass is 10.2. The molecule has 2 fully saturated rings. The highest BCUT2D eigenvalue weighted by molar-refractivity contribution is 7.99. The molecule has 1 aromatic rings. The molecule has 6 nitrogen and oxygen atoms in total. The summed E-state index contributed by atoms with van der Waals surface area (Å²) in [5.41, 5.74) is 1.10. The molecule has 3 rings (SSSR count). The Morgan fingerprint density at radius 2 is 1.96 bits per heavy atom. The SMILES string of the molecule is O=C1CCN(Cc2ccccc2OCC(O)CN2CCSCC2)CCN1. The van der Waals surface area contributed by atoms with E-state index in [1.165, 1.54) is 0 Å². The van der Waals surface area contributed by atoms with E-state index in [0.717, 1.165) is 55.5 Å². The molecule has 26 heavy (non-hydrogen) atoms. The Kier molecular flexibility index (Phi) is 7.61. The number of thioether (sulfide) groups is 1. The summed E-state index contributed by atoms with van der Waals surface area (Å²) in [7, 11) is 0. The molecule has 2 aliphatic rings. The fourth-order valence-electron chi connectivity index (χ4n) is 3.31. The van der Waals surface area contributed by atoms with Gasteiger partial charge in [-0.25, -0.2) is 0 Å². The average molecular weight is 380 g/mol. The van der Waals surface area contributed by atoms with Crippen LogP contribution in [0.15, 0.2) is 24.3 Å².